The van der Waals surface area contributed by atoms with E-state index in [1.165, 1.54) is 12.1 Å². The molecular formula is C24H33NO13. The second kappa shape index (κ2) is 15.1. The molecule has 1 fully saturated rings. The summed E-state index contributed by atoms with van der Waals surface area (Å²) < 4.78 is 43.2. The highest BCUT2D eigenvalue weighted by Crippen LogP contribution is 2.33. The molecule has 0 aromatic heterocycles. The molecule has 14 heteroatoms. The maximum absolute atomic E-state index is 12.6. The highest BCUT2D eigenvalue weighted by atomic mass is 16.7. The molecule has 0 amide bonds. The van der Waals surface area contributed by atoms with E-state index in [0.29, 0.717) is 24.5 Å². The van der Waals surface area contributed by atoms with E-state index in [2.05, 4.69) is 0 Å². The Morgan fingerprint density at radius 1 is 0.921 bits per heavy atom. The van der Waals surface area contributed by atoms with E-state index in [4.69, 9.17) is 43.6 Å². The van der Waals surface area contributed by atoms with Gasteiger partial charge in [0.05, 0.1) is 26.9 Å². The molecule has 14 nitrogen and oxygen atoms in total. The molecule has 38 heavy (non-hydrogen) atoms. The van der Waals surface area contributed by atoms with Crippen molar-refractivity contribution < 1.29 is 62.2 Å². The van der Waals surface area contributed by atoms with Crippen LogP contribution in [0.25, 0.3) is 0 Å². The minimum absolute atomic E-state index is 0.0474. The minimum Gasteiger partial charge on any atom is -0.491 e. The summed E-state index contributed by atoms with van der Waals surface area (Å²) >= 11 is 0. The number of aliphatic hydroxyl groups is 1. The minimum atomic E-state index is -1.62. The zero-order valence-electron chi connectivity index (χ0n) is 21.6. The molecule has 1 unspecified atom stereocenters. The number of ether oxygens (including phenoxy) is 8. The van der Waals surface area contributed by atoms with Gasteiger partial charge in [0.25, 0.3) is 0 Å². The maximum atomic E-state index is 12.6. The third-order valence-electron chi connectivity index (χ3n) is 5.05. The second-order valence-electron chi connectivity index (χ2n) is 7.97. The van der Waals surface area contributed by atoms with Crippen LogP contribution in [-0.4, -0.2) is 93.2 Å². The Morgan fingerprint density at radius 3 is 2.13 bits per heavy atom. The van der Waals surface area contributed by atoms with Crippen LogP contribution in [-0.2, 0) is 54.2 Å². The standard InChI is InChI=1S/C24H33NO13/c1-13(27)34-19-20(35-14(2)28)22(36-15(3)29)24(38-21(19)23(30)31-4)37-18-11-17(6-5-16(18)12-26)33-10-9-32-8-7-25/h5-6,11,19-22,24,26H,7-10,12,25H2,1-4H3/t19-,20-,21-,22+,24?/m0/s1. The second-order valence-corrected chi connectivity index (χ2v) is 7.97. The monoisotopic (exact) mass is 543 g/mol. The van der Waals surface area contributed by atoms with Crippen LogP contribution in [0.5, 0.6) is 11.5 Å². The van der Waals surface area contributed by atoms with Crippen molar-refractivity contribution in [1.82, 2.24) is 0 Å². The number of rotatable bonds is 13. The number of hydrogen-bond donors (Lipinski definition) is 2. The van der Waals surface area contributed by atoms with Gasteiger partial charge >= 0.3 is 23.9 Å². The van der Waals surface area contributed by atoms with Crippen molar-refractivity contribution in [1.29, 1.82) is 0 Å². The molecule has 0 spiro atoms. The molecule has 1 aliphatic heterocycles. The molecular weight excluding hydrogens is 510 g/mol. The normalized spacial score (nSPS) is 22.6. The molecule has 0 aliphatic carbocycles. The average Bonchev–Trinajstić information content (AvgIpc) is 2.86. The van der Waals surface area contributed by atoms with Gasteiger partial charge in [0.15, 0.2) is 18.3 Å². The Balaban J connectivity index is 2.44. The predicted octanol–water partition coefficient (Wildman–Crippen LogP) is -0.395. The van der Waals surface area contributed by atoms with E-state index in [1.54, 1.807) is 6.07 Å². The average molecular weight is 544 g/mol. The first kappa shape index (κ1) is 30.8. The molecule has 1 aromatic rings. The Labute approximate surface area is 219 Å². The van der Waals surface area contributed by atoms with Gasteiger partial charge in [0, 0.05) is 38.9 Å². The molecule has 2 rings (SSSR count). The van der Waals surface area contributed by atoms with Crippen LogP contribution in [0.4, 0.5) is 0 Å². The van der Waals surface area contributed by atoms with Crippen molar-refractivity contribution >= 4 is 23.9 Å². The Hall–Kier alpha value is -3.46. The van der Waals surface area contributed by atoms with Crippen LogP contribution in [0.2, 0.25) is 0 Å². The Kier molecular flexibility index (Phi) is 12.2. The van der Waals surface area contributed by atoms with Gasteiger partial charge in [-0.15, -0.1) is 0 Å². The number of aliphatic hydroxyl groups excluding tert-OH is 1. The predicted molar refractivity (Wildman–Crippen MR) is 126 cm³/mol. The molecule has 1 aromatic carbocycles. The fraction of sp³-hybridized carbons (Fsp3) is 0.583. The number of nitrogens with two attached hydrogens (primary N) is 1. The van der Waals surface area contributed by atoms with Gasteiger partial charge in [-0.3, -0.25) is 14.4 Å². The molecule has 0 saturated carbocycles. The summed E-state index contributed by atoms with van der Waals surface area (Å²) in [6.07, 6.45) is -7.75. The summed E-state index contributed by atoms with van der Waals surface area (Å²) in [4.78, 5) is 48.3. The molecule has 1 aliphatic rings. The van der Waals surface area contributed by atoms with E-state index in [0.717, 1.165) is 27.9 Å². The molecule has 3 N–H and O–H groups in total. The third kappa shape index (κ3) is 8.83. The number of esters is 4. The van der Waals surface area contributed by atoms with Crippen LogP contribution in [0.1, 0.15) is 26.3 Å². The first-order valence-electron chi connectivity index (χ1n) is 11.7. The molecule has 5 atom stereocenters. The smallest absolute Gasteiger partial charge is 0.339 e. The fourth-order valence-electron chi connectivity index (χ4n) is 3.57. The van der Waals surface area contributed by atoms with Crippen LogP contribution in [0.15, 0.2) is 18.2 Å². The molecule has 212 valence electrons. The number of hydrogen-bond acceptors (Lipinski definition) is 14. The van der Waals surface area contributed by atoms with Gasteiger partial charge in [-0.1, -0.05) is 0 Å². The van der Waals surface area contributed by atoms with E-state index in [9.17, 15) is 24.3 Å². The van der Waals surface area contributed by atoms with Crippen molar-refractivity contribution in [2.24, 2.45) is 5.73 Å². The van der Waals surface area contributed by atoms with E-state index in [1.807, 2.05) is 0 Å². The first-order valence-corrected chi connectivity index (χ1v) is 11.7. The molecule has 0 bridgehead atoms. The van der Waals surface area contributed by atoms with Gasteiger partial charge in [0.1, 0.15) is 18.1 Å². The van der Waals surface area contributed by atoms with Crippen molar-refractivity contribution in [2.75, 3.05) is 33.5 Å². The SMILES string of the molecule is COC(=O)[C@H]1OC(Oc2cc(OCCOCCN)ccc2CO)[C@H](OC(C)=O)[C@@H](OC(C)=O)[C@@H]1OC(C)=O. The lowest BCUT2D eigenvalue weighted by atomic mass is 9.97. The maximum Gasteiger partial charge on any atom is 0.339 e. The number of carbonyl (C=O) groups excluding carboxylic acids is 4. The third-order valence-corrected chi connectivity index (χ3v) is 5.05. The van der Waals surface area contributed by atoms with E-state index in [-0.39, 0.29) is 19.0 Å². The van der Waals surface area contributed by atoms with Crippen LogP contribution < -0.4 is 15.2 Å². The topological polar surface area (TPSA) is 188 Å². The quantitative estimate of drug-likeness (QED) is 0.186. The van der Waals surface area contributed by atoms with Gasteiger partial charge in [-0.25, -0.2) is 4.79 Å². The van der Waals surface area contributed by atoms with Gasteiger partial charge in [-0.2, -0.15) is 0 Å². The van der Waals surface area contributed by atoms with Crippen LogP contribution in [0, 0.1) is 0 Å². The summed E-state index contributed by atoms with van der Waals surface area (Å²) in [5.41, 5.74) is 5.67. The highest BCUT2D eigenvalue weighted by Gasteiger charge is 2.55. The summed E-state index contributed by atoms with van der Waals surface area (Å²) in [5, 5.41) is 9.83. The highest BCUT2D eigenvalue weighted by molar-refractivity contribution is 5.77. The Morgan fingerprint density at radius 2 is 1.55 bits per heavy atom. The number of benzene rings is 1. The fourth-order valence-corrected chi connectivity index (χ4v) is 3.57. The number of carbonyl (C=O) groups is 4. The molecule has 1 saturated heterocycles. The summed E-state index contributed by atoms with van der Waals surface area (Å²) in [6, 6.07) is 4.55. The molecule has 0 radical (unpaired) electrons. The van der Waals surface area contributed by atoms with Gasteiger partial charge in [0.2, 0.25) is 12.4 Å². The lowest BCUT2D eigenvalue weighted by Crippen LogP contribution is -2.64. The Bertz CT molecular complexity index is 969. The summed E-state index contributed by atoms with van der Waals surface area (Å²) in [7, 11) is 1.08. The van der Waals surface area contributed by atoms with Gasteiger partial charge in [-0.05, 0) is 12.1 Å². The van der Waals surface area contributed by atoms with Crippen molar-refractivity contribution in [3.8, 4) is 11.5 Å². The number of methoxy groups -OCH3 is 1. The van der Waals surface area contributed by atoms with Crippen molar-refractivity contribution in [2.45, 2.75) is 58.1 Å². The summed E-state index contributed by atoms with van der Waals surface area (Å²) in [6.45, 7) is 4.00. The zero-order valence-corrected chi connectivity index (χ0v) is 21.6. The van der Waals surface area contributed by atoms with Crippen LogP contribution in [0.3, 0.4) is 0 Å². The molecule has 1 heterocycles. The largest absolute Gasteiger partial charge is 0.491 e. The van der Waals surface area contributed by atoms with E-state index < -0.39 is 61.2 Å². The lowest BCUT2D eigenvalue weighted by molar-refractivity contribution is -0.282. The van der Waals surface area contributed by atoms with Crippen molar-refractivity contribution in [3.63, 3.8) is 0 Å². The first-order chi connectivity index (χ1) is 18.1. The lowest BCUT2D eigenvalue weighted by Gasteiger charge is -2.43. The summed E-state index contributed by atoms with van der Waals surface area (Å²) in [5.74, 6) is -3.04. The van der Waals surface area contributed by atoms with E-state index >= 15 is 0 Å². The van der Waals surface area contributed by atoms with Crippen LogP contribution >= 0.6 is 0 Å². The van der Waals surface area contributed by atoms with Gasteiger partial charge < -0.3 is 48.7 Å². The van der Waals surface area contributed by atoms with Crippen molar-refractivity contribution in [3.05, 3.63) is 23.8 Å². The zero-order chi connectivity index (χ0) is 28.2.